The third-order valence-electron chi connectivity index (χ3n) is 2.46. The van der Waals surface area contributed by atoms with Gasteiger partial charge in [0.1, 0.15) is 11.6 Å². The van der Waals surface area contributed by atoms with Gasteiger partial charge in [-0.3, -0.25) is 9.59 Å². The van der Waals surface area contributed by atoms with Crippen molar-refractivity contribution >= 4 is 23.3 Å². The summed E-state index contributed by atoms with van der Waals surface area (Å²) in [5.41, 5.74) is -0.206. The average Bonchev–Trinajstić information content (AvgIpc) is 2.38. The van der Waals surface area contributed by atoms with Crippen LogP contribution in [0.1, 0.15) is 13.3 Å². The van der Waals surface area contributed by atoms with Crippen LogP contribution in [0.3, 0.4) is 0 Å². The number of ether oxygens (including phenoxy) is 1. The molecule has 1 heterocycles. The molecule has 1 aromatic rings. The molecule has 2 N–H and O–H groups in total. The highest BCUT2D eigenvalue weighted by molar-refractivity contribution is 6.32. The summed E-state index contributed by atoms with van der Waals surface area (Å²) < 4.78 is 5.38. The average molecular weight is 290 g/mol. The number of carbonyl (C=O) groups excluding carboxylic acids is 1. The van der Waals surface area contributed by atoms with Crippen molar-refractivity contribution in [2.24, 2.45) is 0 Å². The topological polar surface area (TPSA) is 93.5 Å². The SMILES string of the molecule is COC(=O)Cn1ncc(NC(C)CCO)c(Cl)c1=O. The van der Waals surface area contributed by atoms with E-state index in [9.17, 15) is 9.59 Å². The first-order valence-electron chi connectivity index (χ1n) is 5.69. The second kappa shape index (κ2) is 7.10. The molecule has 0 radical (unpaired) electrons. The van der Waals surface area contributed by atoms with E-state index in [1.54, 1.807) is 0 Å². The summed E-state index contributed by atoms with van der Waals surface area (Å²) in [6.45, 7) is 1.58. The van der Waals surface area contributed by atoms with Crippen LogP contribution in [-0.2, 0) is 16.1 Å². The lowest BCUT2D eigenvalue weighted by molar-refractivity contribution is -0.141. The van der Waals surface area contributed by atoms with Crippen LogP contribution in [0.25, 0.3) is 0 Å². The monoisotopic (exact) mass is 289 g/mol. The van der Waals surface area contributed by atoms with E-state index in [4.69, 9.17) is 16.7 Å². The smallest absolute Gasteiger partial charge is 0.327 e. The van der Waals surface area contributed by atoms with Crippen LogP contribution in [0, 0.1) is 0 Å². The number of aliphatic hydroxyl groups is 1. The number of hydrogen-bond donors (Lipinski definition) is 2. The first-order valence-corrected chi connectivity index (χ1v) is 6.07. The highest BCUT2D eigenvalue weighted by atomic mass is 35.5. The molecule has 0 fully saturated rings. The Morgan fingerprint density at radius 3 is 2.95 bits per heavy atom. The van der Waals surface area contributed by atoms with Gasteiger partial charge in [-0.2, -0.15) is 5.10 Å². The quantitative estimate of drug-likeness (QED) is 0.729. The first-order chi connectivity index (χ1) is 8.99. The Balaban J connectivity index is 2.91. The Morgan fingerprint density at radius 1 is 1.68 bits per heavy atom. The van der Waals surface area contributed by atoms with Crippen LogP contribution in [0.15, 0.2) is 11.0 Å². The van der Waals surface area contributed by atoms with E-state index in [2.05, 4.69) is 15.2 Å². The normalized spacial score (nSPS) is 12.0. The van der Waals surface area contributed by atoms with Gasteiger partial charge in [-0.1, -0.05) is 11.6 Å². The Hall–Kier alpha value is -1.60. The first kappa shape index (κ1) is 15.5. The zero-order valence-electron chi connectivity index (χ0n) is 10.7. The summed E-state index contributed by atoms with van der Waals surface area (Å²) in [4.78, 5) is 22.9. The van der Waals surface area contributed by atoms with E-state index in [0.29, 0.717) is 12.1 Å². The van der Waals surface area contributed by atoms with E-state index in [1.165, 1.54) is 13.3 Å². The lowest BCUT2D eigenvalue weighted by Gasteiger charge is -2.15. The van der Waals surface area contributed by atoms with Crippen molar-refractivity contribution in [2.45, 2.75) is 25.9 Å². The second-order valence-electron chi connectivity index (χ2n) is 3.97. The molecular weight excluding hydrogens is 274 g/mol. The van der Waals surface area contributed by atoms with Crippen molar-refractivity contribution in [3.05, 3.63) is 21.6 Å². The number of methoxy groups -OCH3 is 1. The second-order valence-corrected chi connectivity index (χ2v) is 4.35. The molecule has 1 rings (SSSR count). The lowest BCUT2D eigenvalue weighted by atomic mass is 10.2. The van der Waals surface area contributed by atoms with Crippen molar-refractivity contribution in [3.63, 3.8) is 0 Å². The largest absolute Gasteiger partial charge is 0.468 e. The minimum atomic E-state index is -0.583. The molecule has 1 aromatic heterocycles. The summed E-state index contributed by atoms with van der Waals surface area (Å²) in [6, 6.07) is -0.0554. The molecule has 8 heteroatoms. The Kier molecular flexibility index (Phi) is 5.78. The third-order valence-corrected chi connectivity index (χ3v) is 2.82. The number of aromatic nitrogens is 2. The van der Waals surface area contributed by atoms with Gasteiger partial charge in [-0.05, 0) is 13.3 Å². The molecule has 106 valence electrons. The number of nitrogens with one attached hydrogen (secondary N) is 1. The number of anilines is 1. The molecule has 0 aliphatic carbocycles. The van der Waals surface area contributed by atoms with Crippen LogP contribution in [0.5, 0.6) is 0 Å². The molecule has 0 saturated heterocycles. The lowest BCUT2D eigenvalue weighted by Crippen LogP contribution is -2.29. The molecule has 0 aromatic carbocycles. The van der Waals surface area contributed by atoms with Crippen LogP contribution < -0.4 is 10.9 Å². The van der Waals surface area contributed by atoms with Crippen LogP contribution in [0.2, 0.25) is 5.02 Å². The van der Waals surface area contributed by atoms with Crippen molar-refractivity contribution in [3.8, 4) is 0 Å². The summed E-state index contributed by atoms with van der Waals surface area (Å²) in [5, 5.41) is 15.5. The number of hydrogen-bond acceptors (Lipinski definition) is 6. The maximum atomic E-state index is 11.9. The van der Waals surface area contributed by atoms with Gasteiger partial charge in [0.05, 0.1) is 19.0 Å². The van der Waals surface area contributed by atoms with Gasteiger partial charge in [0.15, 0.2) is 0 Å². The number of aliphatic hydroxyl groups excluding tert-OH is 1. The van der Waals surface area contributed by atoms with E-state index in [0.717, 1.165) is 4.68 Å². The van der Waals surface area contributed by atoms with Gasteiger partial charge < -0.3 is 15.2 Å². The van der Waals surface area contributed by atoms with E-state index in [-0.39, 0.29) is 24.2 Å². The Labute approximate surface area is 115 Å². The van der Waals surface area contributed by atoms with Crippen LogP contribution in [-0.4, -0.2) is 40.6 Å². The third kappa shape index (κ3) is 4.22. The predicted octanol–water partition coefficient (Wildman–Crippen LogP) is 0.253. The molecule has 0 aliphatic rings. The maximum absolute atomic E-state index is 11.9. The van der Waals surface area contributed by atoms with Gasteiger partial charge in [0.2, 0.25) is 0 Å². The number of rotatable bonds is 6. The molecule has 0 amide bonds. The fourth-order valence-electron chi connectivity index (χ4n) is 1.40. The van der Waals surface area contributed by atoms with E-state index < -0.39 is 11.5 Å². The van der Waals surface area contributed by atoms with Gasteiger partial charge in [-0.25, -0.2) is 4.68 Å². The molecule has 19 heavy (non-hydrogen) atoms. The molecular formula is C11H16ClN3O4. The number of carbonyl (C=O) groups is 1. The molecule has 0 spiro atoms. The molecule has 1 atom stereocenters. The van der Waals surface area contributed by atoms with Gasteiger partial charge in [0, 0.05) is 12.6 Å². The minimum absolute atomic E-state index is 0.0264. The fourth-order valence-corrected chi connectivity index (χ4v) is 1.60. The van der Waals surface area contributed by atoms with Crippen molar-refractivity contribution in [1.82, 2.24) is 9.78 Å². The van der Waals surface area contributed by atoms with Crippen LogP contribution in [0.4, 0.5) is 5.69 Å². The van der Waals surface area contributed by atoms with Crippen molar-refractivity contribution < 1.29 is 14.6 Å². The summed E-state index contributed by atoms with van der Waals surface area (Å²) in [6.07, 6.45) is 1.88. The highest BCUT2D eigenvalue weighted by Gasteiger charge is 2.13. The van der Waals surface area contributed by atoms with E-state index >= 15 is 0 Å². The Morgan fingerprint density at radius 2 is 2.37 bits per heavy atom. The molecule has 1 unspecified atom stereocenters. The highest BCUT2D eigenvalue weighted by Crippen LogP contribution is 2.16. The minimum Gasteiger partial charge on any atom is -0.468 e. The van der Waals surface area contributed by atoms with Gasteiger partial charge in [0.25, 0.3) is 5.56 Å². The molecule has 7 nitrogen and oxygen atoms in total. The van der Waals surface area contributed by atoms with Gasteiger partial charge in [-0.15, -0.1) is 0 Å². The fraction of sp³-hybridized carbons (Fsp3) is 0.545. The van der Waals surface area contributed by atoms with Crippen molar-refractivity contribution in [2.75, 3.05) is 19.0 Å². The number of nitrogens with zero attached hydrogens (tertiary/aromatic N) is 2. The zero-order chi connectivity index (χ0) is 14.4. The molecule has 0 saturated carbocycles. The maximum Gasteiger partial charge on any atom is 0.327 e. The number of esters is 1. The number of halogens is 1. The van der Waals surface area contributed by atoms with Crippen molar-refractivity contribution in [1.29, 1.82) is 0 Å². The van der Waals surface area contributed by atoms with E-state index in [1.807, 2.05) is 6.92 Å². The summed E-state index contributed by atoms with van der Waals surface area (Å²) >= 11 is 5.92. The predicted molar refractivity (Wildman–Crippen MR) is 70.3 cm³/mol. The molecule has 0 aliphatic heterocycles. The Bertz CT molecular complexity index is 503. The standard InChI is InChI=1S/C11H16ClN3O4/c1-7(3-4-16)14-8-5-13-15(6-9(17)19-2)11(18)10(8)12/h5,7,14,16H,3-4,6H2,1-2H3. The van der Waals surface area contributed by atoms with Crippen LogP contribution >= 0.6 is 11.6 Å². The molecule has 0 bridgehead atoms. The van der Waals surface area contributed by atoms with Gasteiger partial charge >= 0.3 is 5.97 Å². The zero-order valence-corrected chi connectivity index (χ0v) is 11.5. The summed E-state index contributed by atoms with van der Waals surface area (Å²) in [5.74, 6) is -0.583. The summed E-state index contributed by atoms with van der Waals surface area (Å²) in [7, 11) is 1.22.